The lowest BCUT2D eigenvalue weighted by Gasteiger charge is -2.32. The number of aromatic amines is 1. The molecule has 0 spiro atoms. The number of rotatable bonds is 11. The van der Waals surface area contributed by atoms with Crippen molar-refractivity contribution in [2.75, 3.05) is 20.3 Å². The first kappa shape index (κ1) is 27.8. The number of carbonyl (C=O) groups excluding carboxylic acids is 1. The Balaban J connectivity index is 1.29. The molecule has 1 saturated heterocycles. The summed E-state index contributed by atoms with van der Waals surface area (Å²) >= 11 is 0. The van der Waals surface area contributed by atoms with E-state index in [0.29, 0.717) is 26.2 Å². The van der Waals surface area contributed by atoms with Crippen LogP contribution in [0.25, 0.3) is 10.9 Å². The Morgan fingerprint density at radius 2 is 1.79 bits per heavy atom. The standard InChI is InChI=1S/C34H39N5O3/c1-41-28-14-11-25(12-15-28)23-39-32(16-13-24-7-3-2-4-8-24)37-38-33(39)31(36-34(40)26-17-19-42-20-18-26)21-27-22-35-30-10-6-5-9-29(27)30/h2-12,14-15,22,26,31-32,35,37H,13,16-21,23H2,1H3,(H,36,40)/t31-,32?/m1/s1. The zero-order valence-corrected chi connectivity index (χ0v) is 24.1. The zero-order chi connectivity index (χ0) is 28.7. The van der Waals surface area contributed by atoms with Crippen molar-refractivity contribution >= 4 is 22.6 Å². The summed E-state index contributed by atoms with van der Waals surface area (Å²) in [5.74, 6) is 1.70. The van der Waals surface area contributed by atoms with Gasteiger partial charge in [0.2, 0.25) is 5.91 Å². The van der Waals surface area contributed by atoms with Gasteiger partial charge in [-0.3, -0.25) is 10.2 Å². The summed E-state index contributed by atoms with van der Waals surface area (Å²) in [6.07, 6.45) is 5.96. The molecule has 0 saturated carbocycles. The number of hydrogen-bond acceptors (Lipinski definition) is 6. The minimum Gasteiger partial charge on any atom is -0.497 e. The van der Waals surface area contributed by atoms with Gasteiger partial charge in [-0.15, -0.1) is 0 Å². The number of aryl methyl sites for hydroxylation is 1. The van der Waals surface area contributed by atoms with Crippen molar-refractivity contribution in [3.8, 4) is 5.75 Å². The Labute approximate surface area is 247 Å². The molecule has 1 aromatic heterocycles. The third-order valence-electron chi connectivity index (χ3n) is 8.38. The van der Waals surface area contributed by atoms with E-state index in [1.165, 1.54) is 5.56 Å². The lowest BCUT2D eigenvalue weighted by Crippen LogP contribution is -2.52. The number of benzene rings is 3. The van der Waals surface area contributed by atoms with Gasteiger partial charge in [0.15, 0.2) is 0 Å². The monoisotopic (exact) mass is 565 g/mol. The van der Waals surface area contributed by atoms with Gasteiger partial charge in [0.25, 0.3) is 0 Å². The normalized spacial score (nSPS) is 18.0. The van der Waals surface area contributed by atoms with Gasteiger partial charge < -0.3 is 24.7 Å². The number of methoxy groups -OCH3 is 1. The second-order valence-electron chi connectivity index (χ2n) is 11.1. The van der Waals surface area contributed by atoms with Crippen LogP contribution in [0.5, 0.6) is 5.75 Å². The number of nitrogens with zero attached hydrogens (tertiary/aromatic N) is 2. The molecule has 1 unspecified atom stereocenters. The van der Waals surface area contributed by atoms with Gasteiger partial charge in [-0.25, -0.2) is 0 Å². The average Bonchev–Trinajstić information content (AvgIpc) is 3.64. The minimum atomic E-state index is -0.299. The number of fused-ring (bicyclic) bond motifs is 1. The Bertz CT molecular complexity index is 1490. The SMILES string of the molecule is COc1ccc(CN2C([C@@H](Cc3c[nH]c4ccccc34)NC(=O)C3CCOCC3)=NNC2CCc2ccccc2)cc1. The predicted octanol–water partition coefficient (Wildman–Crippen LogP) is 5.01. The van der Waals surface area contributed by atoms with Crippen molar-refractivity contribution in [3.63, 3.8) is 0 Å². The van der Waals surface area contributed by atoms with Crippen LogP contribution < -0.4 is 15.5 Å². The molecule has 218 valence electrons. The lowest BCUT2D eigenvalue weighted by molar-refractivity contribution is -0.128. The summed E-state index contributed by atoms with van der Waals surface area (Å²) in [6.45, 7) is 1.91. The Kier molecular flexibility index (Phi) is 8.70. The fourth-order valence-electron chi connectivity index (χ4n) is 5.98. The summed E-state index contributed by atoms with van der Waals surface area (Å²) in [4.78, 5) is 19.3. The van der Waals surface area contributed by atoms with Crippen LogP contribution in [0.1, 0.15) is 36.0 Å². The highest BCUT2D eigenvalue weighted by molar-refractivity contribution is 5.94. The second kappa shape index (κ2) is 13.1. The topological polar surface area (TPSA) is 91.0 Å². The number of H-pyrrole nitrogens is 1. The summed E-state index contributed by atoms with van der Waals surface area (Å²) in [5.41, 5.74) is 8.12. The van der Waals surface area contributed by atoms with Gasteiger partial charge in [-0.05, 0) is 60.6 Å². The fourth-order valence-corrected chi connectivity index (χ4v) is 5.98. The van der Waals surface area contributed by atoms with Gasteiger partial charge in [0, 0.05) is 49.2 Å². The van der Waals surface area contributed by atoms with Crippen molar-refractivity contribution in [1.82, 2.24) is 20.6 Å². The van der Waals surface area contributed by atoms with Gasteiger partial charge in [-0.2, -0.15) is 5.10 Å². The summed E-state index contributed by atoms with van der Waals surface area (Å²) in [7, 11) is 1.68. The van der Waals surface area contributed by atoms with Crippen molar-refractivity contribution in [3.05, 3.63) is 102 Å². The molecule has 4 aromatic rings. The largest absolute Gasteiger partial charge is 0.497 e. The fraction of sp³-hybridized carbons (Fsp3) is 0.353. The molecule has 8 nitrogen and oxygen atoms in total. The number of nitrogens with one attached hydrogen (secondary N) is 3. The van der Waals surface area contributed by atoms with E-state index in [-0.39, 0.29) is 24.0 Å². The predicted molar refractivity (Wildman–Crippen MR) is 165 cm³/mol. The third kappa shape index (κ3) is 6.44. The quantitative estimate of drug-likeness (QED) is 0.238. The van der Waals surface area contributed by atoms with Gasteiger partial charge >= 0.3 is 0 Å². The summed E-state index contributed by atoms with van der Waals surface area (Å²) in [6, 6.07) is 26.7. The second-order valence-corrected chi connectivity index (χ2v) is 11.1. The van der Waals surface area contributed by atoms with Crippen LogP contribution in [0.4, 0.5) is 0 Å². The van der Waals surface area contributed by atoms with E-state index < -0.39 is 0 Å². The van der Waals surface area contributed by atoms with Crippen molar-refractivity contribution in [1.29, 1.82) is 0 Å². The maximum atomic E-state index is 13.6. The molecule has 3 heterocycles. The number of hydrazone groups is 1. The van der Waals surface area contributed by atoms with Gasteiger partial charge in [0.1, 0.15) is 17.8 Å². The lowest BCUT2D eigenvalue weighted by atomic mass is 9.97. The van der Waals surface area contributed by atoms with Crippen LogP contribution in [0.15, 0.2) is 90.2 Å². The molecule has 6 rings (SSSR count). The number of amidine groups is 1. The smallest absolute Gasteiger partial charge is 0.223 e. The van der Waals surface area contributed by atoms with E-state index >= 15 is 0 Å². The highest BCUT2D eigenvalue weighted by atomic mass is 16.5. The average molecular weight is 566 g/mol. The van der Waals surface area contributed by atoms with Gasteiger partial charge in [0.05, 0.1) is 13.2 Å². The third-order valence-corrected chi connectivity index (χ3v) is 8.38. The molecule has 0 bridgehead atoms. The van der Waals surface area contributed by atoms with Crippen LogP contribution >= 0.6 is 0 Å². The Morgan fingerprint density at radius 1 is 1.02 bits per heavy atom. The molecule has 3 N–H and O–H groups in total. The maximum Gasteiger partial charge on any atom is 0.223 e. The van der Waals surface area contributed by atoms with Crippen LogP contribution in [0.3, 0.4) is 0 Å². The number of amides is 1. The number of hydrogen-bond donors (Lipinski definition) is 3. The first-order valence-electron chi connectivity index (χ1n) is 14.9. The molecule has 0 radical (unpaired) electrons. The van der Waals surface area contributed by atoms with Crippen LogP contribution in [0.2, 0.25) is 0 Å². The molecule has 3 aromatic carbocycles. The summed E-state index contributed by atoms with van der Waals surface area (Å²) < 4.78 is 10.9. The van der Waals surface area contributed by atoms with Crippen molar-refractivity contribution in [2.45, 2.75) is 50.9 Å². The highest BCUT2D eigenvalue weighted by Gasteiger charge is 2.35. The number of para-hydroxylation sites is 1. The molecular weight excluding hydrogens is 526 g/mol. The minimum absolute atomic E-state index is 0.00670. The van der Waals surface area contributed by atoms with Gasteiger partial charge in [-0.1, -0.05) is 60.7 Å². The maximum absolute atomic E-state index is 13.6. The highest BCUT2D eigenvalue weighted by Crippen LogP contribution is 2.25. The molecule has 1 fully saturated rings. The molecule has 8 heteroatoms. The van der Waals surface area contributed by atoms with E-state index in [9.17, 15) is 4.79 Å². The first-order valence-corrected chi connectivity index (χ1v) is 14.9. The molecular formula is C34H39N5O3. The van der Waals surface area contributed by atoms with E-state index in [1.807, 2.05) is 24.3 Å². The summed E-state index contributed by atoms with van der Waals surface area (Å²) in [5, 5.41) is 9.50. The molecule has 2 atom stereocenters. The van der Waals surface area contributed by atoms with E-state index in [2.05, 4.69) is 81.4 Å². The number of carbonyl (C=O) groups is 1. The Hall–Kier alpha value is -4.30. The number of ether oxygens (including phenoxy) is 2. The molecule has 0 aliphatic carbocycles. The zero-order valence-electron chi connectivity index (χ0n) is 24.1. The molecule has 2 aliphatic rings. The van der Waals surface area contributed by atoms with Crippen LogP contribution in [-0.4, -0.2) is 54.2 Å². The van der Waals surface area contributed by atoms with Crippen molar-refractivity contribution < 1.29 is 14.3 Å². The first-order chi connectivity index (χ1) is 20.7. The molecule has 2 aliphatic heterocycles. The number of aromatic nitrogens is 1. The Morgan fingerprint density at radius 3 is 2.57 bits per heavy atom. The van der Waals surface area contributed by atoms with Crippen LogP contribution in [-0.2, 0) is 28.9 Å². The van der Waals surface area contributed by atoms with Crippen LogP contribution in [0, 0.1) is 5.92 Å². The molecule has 1 amide bonds. The van der Waals surface area contributed by atoms with Crippen molar-refractivity contribution in [2.24, 2.45) is 11.0 Å². The van der Waals surface area contributed by atoms with E-state index in [0.717, 1.165) is 59.3 Å². The van der Waals surface area contributed by atoms with E-state index in [1.54, 1.807) is 7.11 Å². The van der Waals surface area contributed by atoms with E-state index in [4.69, 9.17) is 14.6 Å². The molecule has 42 heavy (non-hydrogen) atoms.